The zero-order valence-electron chi connectivity index (χ0n) is 11.9. The Kier molecular flexibility index (Phi) is 3.10. The molecular weight excluding hydrogens is 264 g/mol. The molecule has 3 rings (SSSR count). The fraction of sp³-hybridized carbons (Fsp3) is 0.125. The lowest BCUT2D eigenvalue weighted by Gasteiger charge is -2.15. The Hall–Kier alpha value is -2.82. The number of hydrogen-bond donors (Lipinski definition) is 3. The van der Waals surface area contributed by atoms with Gasteiger partial charge in [0.1, 0.15) is 5.69 Å². The van der Waals surface area contributed by atoms with Gasteiger partial charge in [0.05, 0.1) is 5.69 Å². The lowest BCUT2D eigenvalue weighted by molar-refractivity contribution is 1.24. The van der Waals surface area contributed by atoms with Gasteiger partial charge in [0.2, 0.25) is 0 Å². The molecule has 5 nitrogen and oxygen atoms in total. The highest BCUT2D eigenvalue weighted by atomic mass is 16.1. The number of nitrogens with one attached hydrogen (secondary N) is 2. The topological polar surface area (TPSA) is 83.8 Å². The largest absolute Gasteiger partial charge is 0.393 e. The van der Waals surface area contributed by atoms with Gasteiger partial charge in [0.25, 0.3) is 5.56 Å². The van der Waals surface area contributed by atoms with E-state index >= 15 is 0 Å². The number of anilines is 3. The molecule has 21 heavy (non-hydrogen) atoms. The molecule has 106 valence electrons. The van der Waals surface area contributed by atoms with Crippen LogP contribution in [-0.2, 0) is 0 Å². The van der Waals surface area contributed by atoms with Crippen LogP contribution in [0.3, 0.4) is 0 Å². The normalized spacial score (nSPS) is 10.8. The van der Waals surface area contributed by atoms with Crippen molar-refractivity contribution in [2.75, 3.05) is 11.1 Å². The number of nitrogens with two attached hydrogens (primary N) is 1. The van der Waals surface area contributed by atoms with E-state index in [1.807, 2.05) is 32.2 Å². The first-order valence-corrected chi connectivity index (χ1v) is 6.66. The van der Waals surface area contributed by atoms with Crippen LogP contribution in [0.5, 0.6) is 0 Å². The summed E-state index contributed by atoms with van der Waals surface area (Å²) in [6.45, 7) is 4.07. The van der Waals surface area contributed by atoms with Gasteiger partial charge in [0.15, 0.2) is 0 Å². The van der Waals surface area contributed by atoms with Crippen molar-refractivity contribution in [3.8, 4) is 0 Å². The van der Waals surface area contributed by atoms with E-state index in [1.54, 1.807) is 18.5 Å². The van der Waals surface area contributed by atoms with Gasteiger partial charge in [-0.1, -0.05) is 0 Å². The number of aromatic nitrogens is 2. The van der Waals surface area contributed by atoms with E-state index in [9.17, 15) is 4.79 Å². The molecule has 0 aliphatic rings. The van der Waals surface area contributed by atoms with Crippen LogP contribution in [0.25, 0.3) is 10.8 Å². The van der Waals surface area contributed by atoms with E-state index in [2.05, 4.69) is 15.3 Å². The minimum Gasteiger partial charge on any atom is -0.393 e. The first kappa shape index (κ1) is 13.2. The zero-order chi connectivity index (χ0) is 15.0. The standard InChI is InChI=1S/C16H16N4O/c1-9-7-14(10(2)11-3-5-18-8-12(9)11)20-13-4-6-19-16(21)15(13)17/h3-8H,17H2,1-2H3,(H2,19,20,21). The monoisotopic (exact) mass is 280 g/mol. The Morgan fingerprint density at radius 2 is 2.00 bits per heavy atom. The highest BCUT2D eigenvalue weighted by molar-refractivity contribution is 5.93. The van der Waals surface area contributed by atoms with E-state index in [4.69, 9.17) is 5.73 Å². The third-order valence-electron chi connectivity index (χ3n) is 3.68. The average molecular weight is 280 g/mol. The molecule has 3 aromatic rings. The van der Waals surface area contributed by atoms with Crippen LogP contribution in [0.4, 0.5) is 17.1 Å². The second-order valence-electron chi connectivity index (χ2n) is 5.05. The molecule has 4 N–H and O–H groups in total. The maximum Gasteiger partial charge on any atom is 0.273 e. The van der Waals surface area contributed by atoms with Gasteiger partial charge in [0, 0.05) is 29.7 Å². The third-order valence-corrected chi connectivity index (χ3v) is 3.68. The third kappa shape index (κ3) is 2.23. The second kappa shape index (κ2) is 4.94. The van der Waals surface area contributed by atoms with E-state index in [0.717, 1.165) is 27.6 Å². The Labute approximate surface area is 121 Å². The molecule has 2 heterocycles. The molecule has 0 fully saturated rings. The molecule has 0 aliphatic carbocycles. The lowest BCUT2D eigenvalue weighted by Crippen LogP contribution is -2.13. The van der Waals surface area contributed by atoms with Gasteiger partial charge in [-0.05, 0) is 48.6 Å². The Morgan fingerprint density at radius 3 is 2.81 bits per heavy atom. The second-order valence-corrected chi connectivity index (χ2v) is 5.05. The summed E-state index contributed by atoms with van der Waals surface area (Å²) in [5.74, 6) is 0. The molecule has 0 spiro atoms. The van der Waals surface area contributed by atoms with Gasteiger partial charge in [-0.15, -0.1) is 0 Å². The molecule has 5 heteroatoms. The molecular formula is C16H16N4O. The van der Waals surface area contributed by atoms with Crippen LogP contribution < -0.4 is 16.6 Å². The molecule has 1 aromatic carbocycles. The Balaban J connectivity index is 2.15. The quantitative estimate of drug-likeness (QED) is 0.674. The van der Waals surface area contributed by atoms with Crippen LogP contribution in [0.15, 0.2) is 41.6 Å². The number of benzene rings is 1. The summed E-state index contributed by atoms with van der Waals surface area (Å²) in [7, 11) is 0. The molecule has 0 amide bonds. The number of H-pyrrole nitrogens is 1. The zero-order valence-corrected chi connectivity index (χ0v) is 11.9. The number of aromatic amines is 1. The molecule has 0 bridgehead atoms. The van der Waals surface area contributed by atoms with Crippen molar-refractivity contribution in [2.45, 2.75) is 13.8 Å². The van der Waals surface area contributed by atoms with Crippen molar-refractivity contribution in [1.29, 1.82) is 0 Å². The van der Waals surface area contributed by atoms with E-state index in [1.165, 1.54) is 0 Å². The van der Waals surface area contributed by atoms with Crippen LogP contribution in [0.2, 0.25) is 0 Å². The molecule has 0 atom stereocenters. The minimum absolute atomic E-state index is 0.185. The minimum atomic E-state index is -0.292. The van der Waals surface area contributed by atoms with E-state index in [-0.39, 0.29) is 11.2 Å². The number of rotatable bonds is 2. The fourth-order valence-electron chi connectivity index (χ4n) is 2.46. The SMILES string of the molecule is Cc1cc(Nc2cc[nH]c(=O)c2N)c(C)c2ccncc12. The number of fused-ring (bicyclic) bond motifs is 1. The molecule has 0 unspecified atom stereocenters. The van der Waals surface area contributed by atoms with Crippen LogP contribution in [-0.4, -0.2) is 9.97 Å². The smallest absolute Gasteiger partial charge is 0.273 e. The van der Waals surface area contributed by atoms with Gasteiger partial charge >= 0.3 is 0 Å². The Morgan fingerprint density at radius 1 is 1.19 bits per heavy atom. The summed E-state index contributed by atoms with van der Waals surface area (Å²) in [6, 6.07) is 5.78. The molecule has 0 saturated heterocycles. The van der Waals surface area contributed by atoms with Crippen molar-refractivity contribution in [2.24, 2.45) is 0 Å². The Bertz CT molecular complexity index is 883. The number of pyridine rings is 2. The number of nitrogens with zero attached hydrogens (tertiary/aromatic N) is 1. The summed E-state index contributed by atoms with van der Waals surface area (Å²) >= 11 is 0. The molecule has 2 aromatic heterocycles. The predicted molar refractivity (Wildman–Crippen MR) is 86.0 cm³/mol. The fourth-order valence-corrected chi connectivity index (χ4v) is 2.46. The summed E-state index contributed by atoms with van der Waals surface area (Å²) in [5.41, 5.74) is 9.46. The van der Waals surface area contributed by atoms with Crippen molar-refractivity contribution in [1.82, 2.24) is 9.97 Å². The summed E-state index contributed by atoms with van der Waals surface area (Å²) in [5, 5.41) is 5.51. The van der Waals surface area contributed by atoms with Crippen LogP contribution in [0.1, 0.15) is 11.1 Å². The van der Waals surface area contributed by atoms with Gasteiger partial charge in [-0.25, -0.2) is 0 Å². The number of nitrogen functional groups attached to an aromatic ring is 1. The predicted octanol–water partition coefficient (Wildman–Crippen LogP) is 2.87. The van der Waals surface area contributed by atoms with Crippen LogP contribution >= 0.6 is 0 Å². The maximum atomic E-state index is 11.6. The molecule has 0 saturated carbocycles. The highest BCUT2D eigenvalue weighted by Crippen LogP contribution is 2.30. The summed E-state index contributed by atoms with van der Waals surface area (Å²) in [6.07, 6.45) is 5.22. The first-order chi connectivity index (χ1) is 10.1. The lowest BCUT2D eigenvalue weighted by atomic mass is 10.0. The summed E-state index contributed by atoms with van der Waals surface area (Å²) < 4.78 is 0. The highest BCUT2D eigenvalue weighted by Gasteiger charge is 2.09. The number of hydrogen-bond acceptors (Lipinski definition) is 4. The van der Waals surface area contributed by atoms with Crippen molar-refractivity contribution < 1.29 is 0 Å². The maximum absolute atomic E-state index is 11.6. The van der Waals surface area contributed by atoms with Gasteiger partial charge in [-0.3, -0.25) is 9.78 Å². The van der Waals surface area contributed by atoms with Crippen molar-refractivity contribution in [3.05, 3.63) is 58.3 Å². The van der Waals surface area contributed by atoms with Crippen LogP contribution in [0, 0.1) is 13.8 Å². The molecule has 0 radical (unpaired) electrons. The van der Waals surface area contributed by atoms with E-state index in [0.29, 0.717) is 5.69 Å². The average Bonchev–Trinajstić information content (AvgIpc) is 2.49. The first-order valence-electron chi connectivity index (χ1n) is 6.66. The van der Waals surface area contributed by atoms with Crippen molar-refractivity contribution >= 4 is 27.8 Å². The van der Waals surface area contributed by atoms with E-state index < -0.39 is 0 Å². The van der Waals surface area contributed by atoms with Gasteiger partial charge in [-0.2, -0.15) is 0 Å². The summed E-state index contributed by atoms with van der Waals surface area (Å²) in [4.78, 5) is 18.3. The van der Waals surface area contributed by atoms with Crippen molar-refractivity contribution in [3.63, 3.8) is 0 Å². The number of aryl methyl sites for hydroxylation is 2. The molecule has 0 aliphatic heterocycles. The van der Waals surface area contributed by atoms with Gasteiger partial charge < -0.3 is 16.0 Å².